The van der Waals surface area contributed by atoms with E-state index in [0.29, 0.717) is 11.1 Å². The fourth-order valence-corrected chi connectivity index (χ4v) is 3.18. The monoisotopic (exact) mass is 386 g/mol. The Hall–Kier alpha value is -3.87. The average Bonchev–Trinajstić information content (AvgIpc) is 2.75. The zero-order valence-electron chi connectivity index (χ0n) is 15.8. The van der Waals surface area contributed by atoms with Gasteiger partial charge in [0.2, 0.25) is 0 Å². The second-order valence-corrected chi connectivity index (χ2v) is 6.78. The van der Waals surface area contributed by atoms with Crippen LogP contribution >= 0.6 is 0 Å². The van der Waals surface area contributed by atoms with Crippen LogP contribution in [-0.4, -0.2) is 24.9 Å². The van der Waals surface area contributed by atoms with Crippen molar-refractivity contribution in [2.75, 3.05) is 0 Å². The number of ketones is 1. The second kappa shape index (κ2) is 7.63. The SMILES string of the molecule is Cc1ccc(C(=O)Cn2c(=O)n(Cc3ccncc3)c(=O)c3ncccc32)cc1. The van der Waals surface area contributed by atoms with Crippen LogP contribution in [0.15, 0.2) is 76.7 Å². The molecule has 7 nitrogen and oxygen atoms in total. The third-order valence-corrected chi connectivity index (χ3v) is 4.75. The fourth-order valence-electron chi connectivity index (χ4n) is 3.18. The number of carbonyl (C=O) groups excluding carboxylic acids is 1. The molecule has 0 spiro atoms. The number of fused-ring (bicyclic) bond motifs is 1. The summed E-state index contributed by atoms with van der Waals surface area (Å²) >= 11 is 0. The van der Waals surface area contributed by atoms with Gasteiger partial charge in [-0.05, 0) is 36.8 Å². The highest BCUT2D eigenvalue weighted by Gasteiger charge is 2.17. The first-order chi connectivity index (χ1) is 14.0. The molecule has 0 amide bonds. The van der Waals surface area contributed by atoms with Crippen molar-refractivity contribution in [1.29, 1.82) is 0 Å². The molecule has 0 aliphatic heterocycles. The van der Waals surface area contributed by atoms with Gasteiger partial charge in [0.05, 0.1) is 18.6 Å². The van der Waals surface area contributed by atoms with E-state index in [4.69, 9.17) is 0 Å². The summed E-state index contributed by atoms with van der Waals surface area (Å²) < 4.78 is 2.42. The Bertz CT molecular complexity index is 1310. The molecule has 3 heterocycles. The molecule has 0 unspecified atom stereocenters. The first-order valence-electron chi connectivity index (χ1n) is 9.12. The molecule has 3 aromatic heterocycles. The summed E-state index contributed by atoms with van der Waals surface area (Å²) in [6, 6.07) is 13.9. The molecule has 0 fully saturated rings. The third kappa shape index (κ3) is 3.62. The molecule has 1 aromatic carbocycles. The number of carbonyl (C=O) groups is 1. The summed E-state index contributed by atoms with van der Waals surface area (Å²) in [5.41, 5.74) is 1.76. The van der Waals surface area contributed by atoms with Gasteiger partial charge in [0, 0.05) is 24.2 Å². The number of Topliss-reactive ketones (excluding diaryl/α,β-unsaturated/α-hetero) is 1. The van der Waals surface area contributed by atoms with E-state index in [9.17, 15) is 14.4 Å². The zero-order valence-corrected chi connectivity index (χ0v) is 15.8. The molecule has 0 N–H and O–H groups in total. The number of aryl methyl sites for hydroxylation is 1. The second-order valence-electron chi connectivity index (χ2n) is 6.78. The summed E-state index contributed by atoms with van der Waals surface area (Å²) in [6.07, 6.45) is 4.69. The lowest BCUT2D eigenvalue weighted by molar-refractivity contribution is 0.0971. The minimum absolute atomic E-state index is 0.0748. The lowest BCUT2D eigenvalue weighted by Gasteiger charge is -2.13. The van der Waals surface area contributed by atoms with Crippen LogP contribution in [0.25, 0.3) is 11.0 Å². The van der Waals surface area contributed by atoms with Crippen LogP contribution in [0.4, 0.5) is 0 Å². The molecule has 4 rings (SSSR count). The van der Waals surface area contributed by atoms with Crippen molar-refractivity contribution >= 4 is 16.8 Å². The molecule has 0 radical (unpaired) electrons. The third-order valence-electron chi connectivity index (χ3n) is 4.75. The van der Waals surface area contributed by atoms with Gasteiger partial charge in [-0.15, -0.1) is 0 Å². The van der Waals surface area contributed by atoms with Gasteiger partial charge < -0.3 is 0 Å². The molecule has 0 saturated heterocycles. The largest absolute Gasteiger partial charge is 0.332 e. The van der Waals surface area contributed by atoms with Crippen LogP contribution in [0.5, 0.6) is 0 Å². The van der Waals surface area contributed by atoms with Crippen molar-refractivity contribution in [2.45, 2.75) is 20.0 Å². The number of hydrogen-bond acceptors (Lipinski definition) is 5. The molecular weight excluding hydrogens is 368 g/mol. The summed E-state index contributed by atoms with van der Waals surface area (Å²) in [7, 11) is 0. The summed E-state index contributed by atoms with van der Waals surface area (Å²) in [6.45, 7) is 1.83. The topological polar surface area (TPSA) is 86.9 Å². The van der Waals surface area contributed by atoms with E-state index < -0.39 is 11.2 Å². The average molecular weight is 386 g/mol. The Kier molecular flexibility index (Phi) is 4.87. The highest BCUT2D eigenvalue weighted by Crippen LogP contribution is 2.09. The molecule has 144 valence electrons. The molecule has 29 heavy (non-hydrogen) atoms. The molecule has 0 aliphatic rings. The maximum Gasteiger partial charge on any atom is 0.332 e. The fraction of sp³-hybridized carbons (Fsp3) is 0.136. The van der Waals surface area contributed by atoms with Gasteiger partial charge in [0.15, 0.2) is 11.3 Å². The first-order valence-corrected chi connectivity index (χ1v) is 9.12. The lowest BCUT2D eigenvalue weighted by Crippen LogP contribution is -2.41. The minimum Gasteiger partial charge on any atom is -0.292 e. The molecular formula is C22H18N4O3. The highest BCUT2D eigenvalue weighted by molar-refractivity contribution is 5.96. The van der Waals surface area contributed by atoms with Crippen molar-refractivity contribution in [2.24, 2.45) is 0 Å². The summed E-state index contributed by atoms with van der Waals surface area (Å²) in [5.74, 6) is -0.216. The molecule has 0 atom stereocenters. The van der Waals surface area contributed by atoms with Gasteiger partial charge in [0.25, 0.3) is 5.56 Å². The van der Waals surface area contributed by atoms with Gasteiger partial charge in [0.1, 0.15) is 0 Å². The maximum atomic E-state index is 13.2. The predicted octanol–water partition coefficient (Wildman–Crippen LogP) is 2.19. The minimum atomic E-state index is -0.548. The van der Waals surface area contributed by atoms with Gasteiger partial charge in [-0.3, -0.25) is 23.7 Å². The Labute approximate surface area is 165 Å². The van der Waals surface area contributed by atoms with Gasteiger partial charge in [-0.25, -0.2) is 9.78 Å². The number of benzene rings is 1. The van der Waals surface area contributed by atoms with Crippen molar-refractivity contribution in [3.8, 4) is 0 Å². The predicted molar refractivity (Wildman–Crippen MR) is 109 cm³/mol. The summed E-state index contributed by atoms with van der Waals surface area (Å²) in [5, 5.41) is 0. The van der Waals surface area contributed by atoms with Crippen molar-refractivity contribution in [3.05, 3.63) is 105 Å². The molecule has 0 saturated carbocycles. The van der Waals surface area contributed by atoms with Crippen LogP contribution in [0.1, 0.15) is 21.5 Å². The van der Waals surface area contributed by atoms with E-state index >= 15 is 0 Å². The van der Waals surface area contributed by atoms with E-state index in [1.54, 1.807) is 48.8 Å². The van der Waals surface area contributed by atoms with E-state index in [1.807, 2.05) is 19.1 Å². The van der Waals surface area contributed by atoms with Crippen molar-refractivity contribution in [1.82, 2.24) is 19.1 Å². The lowest BCUT2D eigenvalue weighted by atomic mass is 10.1. The standard InChI is InChI=1S/C22H18N4O3/c1-15-4-6-17(7-5-15)19(27)14-25-18-3-2-10-24-20(18)21(28)26(22(25)29)13-16-8-11-23-12-9-16/h2-12H,13-14H2,1H3. The Morgan fingerprint density at radius 3 is 2.38 bits per heavy atom. The van der Waals surface area contributed by atoms with E-state index in [-0.39, 0.29) is 24.4 Å². The smallest absolute Gasteiger partial charge is 0.292 e. The Morgan fingerprint density at radius 2 is 1.66 bits per heavy atom. The molecule has 4 aromatic rings. The van der Waals surface area contributed by atoms with Crippen LogP contribution in [0, 0.1) is 6.92 Å². The Morgan fingerprint density at radius 1 is 0.931 bits per heavy atom. The quantitative estimate of drug-likeness (QED) is 0.491. The van der Waals surface area contributed by atoms with Crippen LogP contribution in [-0.2, 0) is 13.1 Å². The van der Waals surface area contributed by atoms with E-state index in [2.05, 4.69) is 9.97 Å². The number of hydrogen-bond donors (Lipinski definition) is 0. The van der Waals surface area contributed by atoms with Gasteiger partial charge >= 0.3 is 5.69 Å². The molecule has 7 heteroatoms. The normalized spacial score (nSPS) is 10.9. The summed E-state index contributed by atoms with van der Waals surface area (Å²) in [4.78, 5) is 47.0. The maximum absolute atomic E-state index is 13.2. The van der Waals surface area contributed by atoms with Crippen molar-refractivity contribution < 1.29 is 4.79 Å². The highest BCUT2D eigenvalue weighted by atomic mass is 16.2. The van der Waals surface area contributed by atoms with E-state index in [0.717, 1.165) is 15.7 Å². The van der Waals surface area contributed by atoms with Crippen LogP contribution in [0.2, 0.25) is 0 Å². The number of nitrogens with zero attached hydrogens (tertiary/aromatic N) is 4. The van der Waals surface area contributed by atoms with Gasteiger partial charge in [-0.1, -0.05) is 29.8 Å². The molecule has 0 bridgehead atoms. The van der Waals surface area contributed by atoms with Crippen LogP contribution < -0.4 is 11.2 Å². The van der Waals surface area contributed by atoms with Gasteiger partial charge in [-0.2, -0.15) is 0 Å². The van der Waals surface area contributed by atoms with Crippen molar-refractivity contribution in [3.63, 3.8) is 0 Å². The number of pyridine rings is 2. The first kappa shape index (κ1) is 18.5. The van der Waals surface area contributed by atoms with Crippen LogP contribution in [0.3, 0.4) is 0 Å². The number of aromatic nitrogens is 4. The number of rotatable bonds is 5. The molecule has 0 aliphatic carbocycles. The Balaban J connectivity index is 1.84. The van der Waals surface area contributed by atoms with E-state index in [1.165, 1.54) is 10.8 Å². The zero-order chi connectivity index (χ0) is 20.4.